The highest BCUT2D eigenvalue weighted by atomic mass is 19.4. The highest BCUT2D eigenvalue weighted by molar-refractivity contribution is 5.94. The zero-order valence-electron chi connectivity index (χ0n) is 17.9. The second kappa shape index (κ2) is 9.50. The third-order valence-electron chi connectivity index (χ3n) is 6.24. The van der Waals surface area contributed by atoms with E-state index >= 15 is 0 Å². The van der Waals surface area contributed by atoms with Crippen LogP contribution >= 0.6 is 0 Å². The molecule has 0 aromatic heterocycles. The minimum Gasteiger partial charge on any atom is -0.457 e. The monoisotopic (exact) mass is 447 g/mol. The lowest BCUT2D eigenvalue weighted by atomic mass is 9.68. The maximum atomic E-state index is 13.5. The van der Waals surface area contributed by atoms with Crippen LogP contribution in [0, 0.1) is 0 Å². The van der Waals surface area contributed by atoms with Crippen LogP contribution in [0.25, 0.3) is 0 Å². The van der Waals surface area contributed by atoms with Crippen LogP contribution in [0.1, 0.15) is 30.4 Å². The highest BCUT2D eigenvalue weighted by Gasteiger charge is 2.48. The van der Waals surface area contributed by atoms with Crippen molar-refractivity contribution in [3.05, 3.63) is 59.7 Å². The Balaban J connectivity index is 1.64. The third kappa shape index (κ3) is 4.76. The molecular weight excluding hydrogens is 419 g/mol. The quantitative estimate of drug-likeness (QED) is 0.634. The van der Waals surface area contributed by atoms with Crippen molar-refractivity contribution in [3.8, 4) is 11.5 Å². The first kappa shape index (κ1) is 22.6. The number of benzene rings is 2. The van der Waals surface area contributed by atoms with Gasteiger partial charge in [-0.2, -0.15) is 13.2 Å². The van der Waals surface area contributed by atoms with Crippen molar-refractivity contribution >= 4 is 5.91 Å². The molecule has 172 valence electrons. The van der Waals surface area contributed by atoms with Crippen LogP contribution in [-0.2, 0) is 10.2 Å². The van der Waals surface area contributed by atoms with Gasteiger partial charge >= 0.3 is 6.18 Å². The molecule has 0 spiro atoms. The Kier molecular flexibility index (Phi) is 6.71. The Morgan fingerprint density at radius 3 is 2.19 bits per heavy atom. The van der Waals surface area contributed by atoms with E-state index in [2.05, 4.69) is 15.5 Å². The normalized spacial score (nSPS) is 17.7. The van der Waals surface area contributed by atoms with Crippen molar-refractivity contribution in [2.45, 2.75) is 30.9 Å². The average molecular weight is 448 g/mol. The smallest absolute Gasteiger partial charge is 0.405 e. The van der Waals surface area contributed by atoms with E-state index in [1.165, 1.54) is 0 Å². The minimum absolute atomic E-state index is 0.403. The number of para-hydroxylation sites is 2. The molecule has 1 fully saturated rings. The van der Waals surface area contributed by atoms with Gasteiger partial charge in [0.05, 0.1) is 0 Å². The Morgan fingerprint density at radius 1 is 1.00 bits per heavy atom. The van der Waals surface area contributed by atoms with Gasteiger partial charge in [-0.25, -0.2) is 0 Å². The van der Waals surface area contributed by atoms with E-state index < -0.39 is 24.0 Å². The largest absolute Gasteiger partial charge is 0.457 e. The van der Waals surface area contributed by atoms with E-state index in [-0.39, 0.29) is 0 Å². The molecule has 4 rings (SSSR count). The van der Waals surface area contributed by atoms with Crippen molar-refractivity contribution < 1.29 is 22.7 Å². The fraction of sp³-hybridized carbons (Fsp3) is 0.458. The number of carbonyl (C=O) groups excluding carboxylic acids is 1. The molecule has 2 aromatic rings. The van der Waals surface area contributed by atoms with Crippen LogP contribution in [0.4, 0.5) is 13.2 Å². The van der Waals surface area contributed by atoms with Gasteiger partial charge in [0.2, 0.25) is 5.91 Å². The molecule has 2 heterocycles. The predicted octanol–water partition coefficient (Wildman–Crippen LogP) is 3.83. The van der Waals surface area contributed by atoms with Crippen LogP contribution in [0.3, 0.4) is 0 Å². The molecule has 0 unspecified atom stereocenters. The first-order valence-electron chi connectivity index (χ1n) is 11.1. The number of fused-ring (bicyclic) bond motifs is 2. The maximum absolute atomic E-state index is 13.5. The van der Waals surface area contributed by atoms with E-state index in [9.17, 15) is 18.0 Å². The fourth-order valence-electron chi connectivity index (χ4n) is 4.70. The van der Waals surface area contributed by atoms with Crippen molar-refractivity contribution in [2.75, 3.05) is 39.3 Å². The molecule has 2 aliphatic heterocycles. The standard InChI is InChI=1S/C24H28F3N3O2/c25-24(26,27)17-29-22(31)23(11-5-6-14-30-15-12-28-13-16-30)18-7-1-3-9-20(18)32-21-10-4-2-8-19(21)23/h1-4,7-10,28H,5-6,11-17H2,(H,29,31). The molecule has 0 aliphatic carbocycles. The number of hydrogen-bond acceptors (Lipinski definition) is 4. The summed E-state index contributed by atoms with van der Waals surface area (Å²) in [5, 5.41) is 5.49. The van der Waals surface area contributed by atoms with Crippen LogP contribution in [0.5, 0.6) is 11.5 Å². The molecule has 0 bridgehead atoms. The number of nitrogens with zero attached hydrogens (tertiary/aromatic N) is 1. The SMILES string of the molecule is O=C(NCC(F)(F)F)C1(CCCCN2CCNCC2)c2ccccc2Oc2ccccc21. The summed E-state index contributed by atoms with van der Waals surface area (Å²) < 4.78 is 44.9. The number of alkyl halides is 3. The number of halogens is 3. The number of nitrogens with one attached hydrogen (secondary N) is 2. The van der Waals surface area contributed by atoms with Gasteiger partial charge in [0.25, 0.3) is 0 Å². The summed E-state index contributed by atoms with van der Waals surface area (Å²) in [4.78, 5) is 15.9. The van der Waals surface area contributed by atoms with E-state index in [1.54, 1.807) is 48.5 Å². The summed E-state index contributed by atoms with van der Waals surface area (Å²) in [5.41, 5.74) is -0.0127. The second-order valence-electron chi connectivity index (χ2n) is 8.35. The summed E-state index contributed by atoms with van der Waals surface area (Å²) >= 11 is 0. The Hall–Kier alpha value is -2.58. The van der Waals surface area contributed by atoms with Gasteiger partial charge in [-0.15, -0.1) is 0 Å². The molecule has 2 aliphatic rings. The van der Waals surface area contributed by atoms with E-state index in [1.807, 2.05) is 0 Å². The molecule has 1 saturated heterocycles. The van der Waals surface area contributed by atoms with E-state index in [4.69, 9.17) is 4.74 Å². The van der Waals surface area contributed by atoms with Crippen LogP contribution < -0.4 is 15.4 Å². The topological polar surface area (TPSA) is 53.6 Å². The van der Waals surface area contributed by atoms with Crippen molar-refractivity contribution in [2.24, 2.45) is 0 Å². The number of carbonyl (C=O) groups is 1. The predicted molar refractivity (Wildman–Crippen MR) is 116 cm³/mol. The third-order valence-corrected chi connectivity index (χ3v) is 6.24. The van der Waals surface area contributed by atoms with Crippen LogP contribution in [0.2, 0.25) is 0 Å². The second-order valence-corrected chi connectivity index (χ2v) is 8.35. The number of hydrogen-bond donors (Lipinski definition) is 2. The summed E-state index contributed by atoms with van der Waals surface area (Å²) in [5.74, 6) is 0.381. The summed E-state index contributed by atoms with van der Waals surface area (Å²) in [6.45, 7) is 3.43. The summed E-state index contributed by atoms with van der Waals surface area (Å²) in [6, 6.07) is 14.3. The van der Waals surface area contributed by atoms with Crippen molar-refractivity contribution in [3.63, 3.8) is 0 Å². The number of rotatable bonds is 7. The Labute approximate surface area is 185 Å². The zero-order valence-corrected chi connectivity index (χ0v) is 17.9. The first-order chi connectivity index (χ1) is 15.4. The highest BCUT2D eigenvalue weighted by Crippen LogP contribution is 2.50. The lowest BCUT2D eigenvalue weighted by molar-refractivity contribution is -0.141. The van der Waals surface area contributed by atoms with Gasteiger partial charge in [0, 0.05) is 37.3 Å². The average Bonchev–Trinajstić information content (AvgIpc) is 2.80. The maximum Gasteiger partial charge on any atom is 0.405 e. The number of ether oxygens (including phenoxy) is 1. The molecule has 0 saturated carbocycles. The number of piperazine rings is 1. The van der Waals surface area contributed by atoms with Gasteiger partial charge in [-0.05, 0) is 31.5 Å². The molecule has 32 heavy (non-hydrogen) atoms. The molecule has 0 atom stereocenters. The number of unbranched alkanes of at least 4 members (excludes halogenated alkanes) is 1. The molecule has 8 heteroatoms. The first-order valence-corrected chi connectivity index (χ1v) is 11.1. The van der Waals surface area contributed by atoms with Crippen molar-refractivity contribution in [1.82, 2.24) is 15.5 Å². The van der Waals surface area contributed by atoms with E-state index in [0.29, 0.717) is 35.5 Å². The van der Waals surface area contributed by atoms with E-state index in [0.717, 1.165) is 39.1 Å². The summed E-state index contributed by atoms with van der Waals surface area (Å²) in [6.07, 6.45) is -2.52. The zero-order chi connectivity index (χ0) is 22.6. The minimum atomic E-state index is -4.48. The van der Waals surface area contributed by atoms with Crippen molar-refractivity contribution in [1.29, 1.82) is 0 Å². The van der Waals surface area contributed by atoms with Gasteiger partial charge < -0.3 is 20.3 Å². The lowest BCUT2D eigenvalue weighted by Gasteiger charge is -2.39. The Bertz CT molecular complexity index is 897. The molecule has 2 N–H and O–H groups in total. The van der Waals surface area contributed by atoms with Crippen LogP contribution in [-0.4, -0.2) is 56.3 Å². The molecule has 2 aromatic carbocycles. The Morgan fingerprint density at radius 2 is 1.59 bits per heavy atom. The van der Waals surface area contributed by atoms with Gasteiger partial charge in [-0.1, -0.05) is 42.8 Å². The fourth-order valence-corrected chi connectivity index (χ4v) is 4.70. The molecular formula is C24H28F3N3O2. The summed E-state index contributed by atoms with van der Waals surface area (Å²) in [7, 11) is 0. The molecule has 0 radical (unpaired) electrons. The number of amides is 1. The van der Waals surface area contributed by atoms with Gasteiger partial charge in [0.15, 0.2) is 0 Å². The van der Waals surface area contributed by atoms with Crippen LogP contribution in [0.15, 0.2) is 48.5 Å². The van der Waals surface area contributed by atoms with Gasteiger partial charge in [0.1, 0.15) is 23.5 Å². The molecule has 1 amide bonds. The van der Waals surface area contributed by atoms with Gasteiger partial charge in [-0.3, -0.25) is 4.79 Å². The lowest BCUT2D eigenvalue weighted by Crippen LogP contribution is -2.49. The molecule has 5 nitrogen and oxygen atoms in total.